The Labute approximate surface area is 199 Å². The Bertz CT molecular complexity index is 1110. The van der Waals surface area contributed by atoms with Crippen LogP contribution >= 0.6 is 0 Å². The van der Waals surface area contributed by atoms with Gasteiger partial charge in [-0.1, -0.05) is 6.42 Å². The third kappa shape index (κ3) is 4.32. The quantitative estimate of drug-likeness (QED) is 0.496. The predicted molar refractivity (Wildman–Crippen MR) is 126 cm³/mol. The lowest BCUT2D eigenvalue weighted by Gasteiger charge is -2.51. The first-order chi connectivity index (χ1) is 16.4. The van der Waals surface area contributed by atoms with Gasteiger partial charge in [0.1, 0.15) is 5.82 Å². The Hall–Kier alpha value is -2.48. The number of fused-ring (bicyclic) bond motifs is 2. The lowest BCUT2D eigenvalue weighted by atomic mass is 9.83. The highest BCUT2D eigenvalue weighted by Gasteiger charge is 2.48. The van der Waals surface area contributed by atoms with E-state index in [2.05, 4.69) is 25.5 Å². The van der Waals surface area contributed by atoms with Crippen LogP contribution in [0.3, 0.4) is 0 Å². The average molecular weight is 493 g/mol. The van der Waals surface area contributed by atoms with Gasteiger partial charge in [-0.3, -0.25) is 5.10 Å². The monoisotopic (exact) mass is 492 g/mol. The van der Waals surface area contributed by atoms with Crippen molar-refractivity contribution in [2.45, 2.75) is 63.3 Å². The molecule has 0 saturated carbocycles. The molecule has 2 bridgehead atoms. The molecule has 3 saturated heterocycles. The van der Waals surface area contributed by atoms with Crippen LogP contribution < -0.4 is 15.0 Å². The van der Waals surface area contributed by atoms with Crippen molar-refractivity contribution < 1.29 is 18.3 Å². The molecule has 3 aliphatic heterocycles. The van der Waals surface area contributed by atoms with E-state index in [1.807, 2.05) is 11.9 Å². The smallest absolute Gasteiger partial charge is 0.282 e. The van der Waals surface area contributed by atoms with Gasteiger partial charge >= 0.3 is 0 Å². The number of nitrogens with one attached hydrogen (secondary N) is 2. The molecule has 5 rings (SSSR count). The van der Waals surface area contributed by atoms with Crippen LogP contribution in [-0.2, 0) is 16.8 Å². The van der Waals surface area contributed by atoms with E-state index < -0.39 is 10.2 Å². The minimum atomic E-state index is -3.39. The number of piperidine rings is 2. The number of methoxy groups -OCH3 is 1. The van der Waals surface area contributed by atoms with Gasteiger partial charge in [0.15, 0.2) is 5.82 Å². The molecule has 3 N–H and O–H groups in total. The molecule has 0 aliphatic carbocycles. The molecule has 0 radical (unpaired) electrons. The van der Waals surface area contributed by atoms with Crippen molar-refractivity contribution in [3.05, 3.63) is 17.8 Å². The zero-order valence-electron chi connectivity index (χ0n) is 19.5. The molecule has 0 unspecified atom stereocenters. The summed E-state index contributed by atoms with van der Waals surface area (Å²) in [5.74, 6) is 1.96. The van der Waals surface area contributed by atoms with E-state index in [4.69, 9.17) is 4.74 Å². The van der Waals surface area contributed by atoms with Gasteiger partial charge in [-0.15, -0.1) is 0 Å². The number of aromatic nitrogens is 4. The fraction of sp³-hybridized carbons (Fsp3) is 0.667. The van der Waals surface area contributed by atoms with E-state index in [1.54, 1.807) is 27.9 Å². The van der Waals surface area contributed by atoms with Crippen LogP contribution in [0.4, 0.5) is 17.6 Å². The molecule has 186 valence electrons. The highest BCUT2D eigenvalue weighted by molar-refractivity contribution is 7.86. The molecule has 2 aromatic heterocycles. The average Bonchev–Trinajstić information content (AvgIpc) is 3.23. The van der Waals surface area contributed by atoms with Crippen molar-refractivity contribution in [1.29, 1.82) is 0 Å². The summed E-state index contributed by atoms with van der Waals surface area (Å²) >= 11 is 0. The maximum Gasteiger partial charge on any atom is 0.282 e. The van der Waals surface area contributed by atoms with Crippen molar-refractivity contribution in [3.63, 3.8) is 0 Å². The van der Waals surface area contributed by atoms with Gasteiger partial charge in [0.25, 0.3) is 10.2 Å². The fourth-order valence-electron chi connectivity index (χ4n) is 5.19. The molecule has 0 amide bonds. The second-order valence-corrected chi connectivity index (χ2v) is 11.1. The minimum Gasteiger partial charge on any atom is -0.481 e. The highest BCUT2D eigenvalue weighted by atomic mass is 32.2. The maximum absolute atomic E-state index is 13.2. The first kappa shape index (κ1) is 23.3. The normalized spacial score (nSPS) is 25.6. The second kappa shape index (κ2) is 9.29. The van der Waals surface area contributed by atoms with Gasteiger partial charge in [-0.25, -0.2) is 0 Å². The van der Waals surface area contributed by atoms with E-state index in [1.165, 1.54) is 0 Å². The maximum atomic E-state index is 13.2. The summed E-state index contributed by atoms with van der Waals surface area (Å²) < 4.78 is 35.3. The number of ether oxygens (including phenoxy) is 1. The first-order valence-electron chi connectivity index (χ1n) is 11.8. The highest BCUT2D eigenvalue weighted by Crippen LogP contribution is 2.40. The van der Waals surface area contributed by atoms with Crippen LogP contribution in [0.25, 0.3) is 0 Å². The van der Waals surface area contributed by atoms with Crippen LogP contribution in [0.15, 0.2) is 12.1 Å². The third-order valence-electron chi connectivity index (χ3n) is 7.11. The van der Waals surface area contributed by atoms with Crippen molar-refractivity contribution in [2.24, 2.45) is 0 Å². The fourth-order valence-corrected chi connectivity index (χ4v) is 7.32. The Morgan fingerprint density at radius 3 is 2.50 bits per heavy atom. The zero-order valence-corrected chi connectivity index (χ0v) is 20.3. The second-order valence-electron chi connectivity index (χ2n) is 9.22. The summed E-state index contributed by atoms with van der Waals surface area (Å²) in [6.45, 7) is 1.12. The van der Waals surface area contributed by atoms with Crippen molar-refractivity contribution in [3.8, 4) is 5.88 Å². The van der Waals surface area contributed by atoms with Gasteiger partial charge in [0, 0.05) is 50.4 Å². The summed E-state index contributed by atoms with van der Waals surface area (Å²) in [5, 5.41) is 19.2. The van der Waals surface area contributed by atoms with Gasteiger partial charge in [-0.05, 0) is 32.1 Å². The third-order valence-corrected chi connectivity index (χ3v) is 9.26. The summed E-state index contributed by atoms with van der Waals surface area (Å²) in [6.07, 6.45) is 5.24. The molecule has 0 spiro atoms. The van der Waals surface area contributed by atoms with E-state index >= 15 is 0 Å². The number of anilines is 3. The Kier molecular flexibility index (Phi) is 6.35. The van der Waals surface area contributed by atoms with Crippen molar-refractivity contribution in [1.82, 2.24) is 28.8 Å². The van der Waals surface area contributed by atoms with Crippen molar-refractivity contribution in [2.75, 3.05) is 37.5 Å². The summed E-state index contributed by atoms with van der Waals surface area (Å²) in [4.78, 5) is 11.3. The summed E-state index contributed by atoms with van der Waals surface area (Å²) in [6, 6.07) is 3.49. The number of aliphatic hydroxyl groups excluding tert-OH is 1. The molecule has 3 fully saturated rings. The Morgan fingerprint density at radius 1 is 1.18 bits per heavy atom. The lowest BCUT2D eigenvalue weighted by molar-refractivity contribution is 0.0965. The molecule has 5 heterocycles. The van der Waals surface area contributed by atoms with Crippen LogP contribution in [0.1, 0.15) is 44.2 Å². The molecule has 34 heavy (non-hydrogen) atoms. The zero-order chi connectivity index (χ0) is 23.9. The van der Waals surface area contributed by atoms with E-state index in [-0.39, 0.29) is 24.7 Å². The first-order valence-corrected chi connectivity index (χ1v) is 13.2. The van der Waals surface area contributed by atoms with Gasteiger partial charge in [0.05, 0.1) is 19.4 Å². The van der Waals surface area contributed by atoms with Crippen molar-refractivity contribution >= 4 is 27.8 Å². The van der Waals surface area contributed by atoms with E-state index in [9.17, 15) is 13.5 Å². The Balaban J connectivity index is 1.35. The molecule has 12 nitrogen and oxygen atoms in total. The minimum absolute atomic E-state index is 0.00490. The lowest BCUT2D eigenvalue weighted by Crippen LogP contribution is -2.62. The molecule has 2 aromatic rings. The number of H-pyrrole nitrogens is 1. The topological polar surface area (TPSA) is 140 Å². The number of rotatable bonds is 8. The standard InChI is InChI=1S/C21H32N8O4S/c1-27(21-23-18(12-20(24-21)33-2)22-19-9-14(13-30)25-26-19)17-10-15-5-3-6-16(11-17)29(15)34(31,32)28-7-4-8-28/h9,12,15-17,30H,3-8,10-11,13H2,1-2H3,(H2,22,23,24,25,26)/t15-,16+,17+. The molecule has 0 aromatic carbocycles. The number of aliphatic hydroxyl groups is 1. The summed E-state index contributed by atoms with van der Waals surface area (Å²) in [5.41, 5.74) is 0.590. The molecule has 3 aliphatic rings. The van der Waals surface area contributed by atoms with Crippen LogP contribution in [0, 0.1) is 0 Å². The number of hydrogen-bond acceptors (Lipinski definition) is 9. The number of aromatic amines is 1. The van der Waals surface area contributed by atoms with Crippen LogP contribution in [0.5, 0.6) is 5.88 Å². The molecule has 3 atom stereocenters. The van der Waals surface area contributed by atoms with Gasteiger partial charge < -0.3 is 20.1 Å². The Morgan fingerprint density at radius 2 is 1.91 bits per heavy atom. The largest absolute Gasteiger partial charge is 0.481 e. The van der Waals surface area contributed by atoms with E-state index in [0.717, 1.165) is 38.5 Å². The molecular weight excluding hydrogens is 460 g/mol. The predicted octanol–water partition coefficient (Wildman–Crippen LogP) is 1.22. The molecular formula is C21H32N8O4S. The summed E-state index contributed by atoms with van der Waals surface area (Å²) in [7, 11) is 0.117. The van der Waals surface area contributed by atoms with Gasteiger partial charge in [-0.2, -0.15) is 32.1 Å². The van der Waals surface area contributed by atoms with E-state index in [0.29, 0.717) is 42.2 Å². The van der Waals surface area contributed by atoms with Gasteiger partial charge in [0.2, 0.25) is 11.8 Å². The molecule has 13 heteroatoms. The number of nitrogens with zero attached hydrogens (tertiary/aromatic N) is 6. The SMILES string of the molecule is COc1cc(Nc2cc(CO)[nH]n2)nc(N(C)[C@H]2C[C@H]3CCC[C@@H](C2)N3S(=O)(=O)N2CCC2)n1. The van der Waals surface area contributed by atoms with Crippen LogP contribution in [-0.4, -0.2) is 87.7 Å². The van der Waals surface area contributed by atoms with Crippen LogP contribution in [0.2, 0.25) is 0 Å². The number of hydrogen-bond donors (Lipinski definition) is 3.